The van der Waals surface area contributed by atoms with Crippen LogP contribution in [0.4, 0.5) is 4.79 Å². The van der Waals surface area contributed by atoms with Gasteiger partial charge in [-0.05, 0) is 30.3 Å². The largest absolute Gasteiger partial charge is 0.350 e. The van der Waals surface area contributed by atoms with Crippen molar-refractivity contribution in [2.24, 2.45) is 22.7 Å². The Balaban J connectivity index is 2.82. The van der Waals surface area contributed by atoms with Crippen LogP contribution in [0.3, 0.4) is 0 Å². The Morgan fingerprint density at radius 1 is 1.67 bits per heavy atom. The lowest BCUT2D eigenvalue weighted by molar-refractivity contribution is 0.249. The van der Waals surface area contributed by atoms with Gasteiger partial charge >= 0.3 is 6.03 Å². The van der Waals surface area contributed by atoms with E-state index in [0.29, 0.717) is 11.8 Å². The topological polar surface area (TPSA) is 67.5 Å². The molecule has 1 atom stereocenters. The van der Waals surface area contributed by atoms with Crippen LogP contribution >= 0.6 is 0 Å². The third-order valence-corrected chi connectivity index (χ3v) is 2.54. The molecule has 1 aliphatic rings. The van der Waals surface area contributed by atoms with Gasteiger partial charge in [-0.15, -0.1) is 0 Å². The number of rotatable bonds is 2. The number of nitrogens with one attached hydrogen (secondary N) is 1. The van der Waals surface area contributed by atoms with E-state index in [9.17, 15) is 4.79 Å². The Hall–Kier alpha value is -1.32. The number of nitrogens with zero attached hydrogens (tertiary/aromatic N) is 1. The standard InChI is InChI=1S/C11H19N3O/c1-7(2)9-5-4-8(3)6-10(9)13-14-11(12)15/h5,7-8H,4,6H2,1-3H3,(H3,12,14,15). The highest BCUT2D eigenvalue weighted by molar-refractivity contribution is 6.01. The number of carbonyl (C=O) groups is 1. The number of hydrazone groups is 1. The van der Waals surface area contributed by atoms with Crippen molar-refractivity contribution in [1.82, 2.24) is 5.43 Å². The lowest BCUT2D eigenvalue weighted by atomic mass is 9.84. The van der Waals surface area contributed by atoms with Gasteiger partial charge in [-0.3, -0.25) is 0 Å². The molecule has 0 fully saturated rings. The first-order valence-electron chi connectivity index (χ1n) is 5.33. The number of allylic oxidation sites excluding steroid dienone is 2. The minimum Gasteiger partial charge on any atom is -0.350 e. The smallest absolute Gasteiger partial charge is 0.332 e. The predicted molar refractivity (Wildman–Crippen MR) is 61.5 cm³/mol. The van der Waals surface area contributed by atoms with Gasteiger partial charge < -0.3 is 5.73 Å². The van der Waals surface area contributed by atoms with Gasteiger partial charge in [0.1, 0.15) is 0 Å². The first kappa shape index (κ1) is 11.8. The van der Waals surface area contributed by atoms with Gasteiger partial charge in [0, 0.05) is 0 Å². The Morgan fingerprint density at radius 2 is 2.33 bits per heavy atom. The molecule has 2 amide bonds. The first-order valence-corrected chi connectivity index (χ1v) is 5.33. The SMILES string of the molecule is CC1CC=C(C(C)C)C(=NNC(N)=O)C1. The maximum atomic E-state index is 10.6. The molecule has 0 saturated heterocycles. The Morgan fingerprint density at radius 3 is 2.87 bits per heavy atom. The molecule has 0 aromatic carbocycles. The number of carbonyl (C=O) groups excluding carboxylic acids is 1. The molecule has 1 unspecified atom stereocenters. The minimum absolute atomic E-state index is 0.436. The van der Waals surface area contributed by atoms with Gasteiger partial charge in [-0.2, -0.15) is 5.10 Å². The zero-order chi connectivity index (χ0) is 11.4. The predicted octanol–water partition coefficient (Wildman–Crippen LogP) is 2.02. The molecule has 0 aliphatic heterocycles. The fraction of sp³-hybridized carbons (Fsp3) is 0.636. The molecule has 0 saturated carbocycles. The van der Waals surface area contributed by atoms with Crippen molar-refractivity contribution < 1.29 is 4.79 Å². The van der Waals surface area contributed by atoms with Gasteiger partial charge in [0.15, 0.2) is 0 Å². The van der Waals surface area contributed by atoms with Crippen molar-refractivity contribution in [1.29, 1.82) is 0 Å². The molecule has 3 N–H and O–H groups in total. The molecule has 0 heterocycles. The molecule has 1 rings (SSSR count). The molecule has 4 nitrogen and oxygen atoms in total. The van der Waals surface area contributed by atoms with E-state index in [2.05, 4.69) is 37.4 Å². The van der Waals surface area contributed by atoms with E-state index in [1.54, 1.807) is 0 Å². The van der Waals surface area contributed by atoms with Crippen molar-refractivity contribution in [2.45, 2.75) is 33.6 Å². The monoisotopic (exact) mass is 209 g/mol. The first-order chi connectivity index (χ1) is 7.00. The number of amides is 2. The third kappa shape index (κ3) is 3.38. The molecule has 0 spiro atoms. The van der Waals surface area contributed by atoms with E-state index in [0.717, 1.165) is 18.6 Å². The van der Waals surface area contributed by atoms with Crippen molar-refractivity contribution in [2.75, 3.05) is 0 Å². The van der Waals surface area contributed by atoms with Gasteiger partial charge in [0.25, 0.3) is 0 Å². The molecule has 84 valence electrons. The number of primary amides is 1. The summed E-state index contributed by atoms with van der Waals surface area (Å²) >= 11 is 0. The maximum Gasteiger partial charge on any atom is 0.332 e. The van der Waals surface area contributed by atoms with Crippen LogP contribution in [0.5, 0.6) is 0 Å². The summed E-state index contributed by atoms with van der Waals surface area (Å²) in [6.07, 6.45) is 4.20. The number of hydrogen-bond acceptors (Lipinski definition) is 2. The molecule has 0 bridgehead atoms. The maximum absolute atomic E-state index is 10.6. The second kappa shape index (κ2) is 4.96. The Labute approximate surface area is 90.6 Å². The number of hydrogen-bond donors (Lipinski definition) is 2. The average Bonchev–Trinajstić information content (AvgIpc) is 2.14. The molecular weight excluding hydrogens is 190 g/mol. The van der Waals surface area contributed by atoms with Crippen molar-refractivity contribution in [3.63, 3.8) is 0 Å². The summed E-state index contributed by atoms with van der Waals surface area (Å²) in [5.41, 5.74) is 9.48. The molecule has 0 radical (unpaired) electrons. The fourth-order valence-electron chi connectivity index (χ4n) is 1.78. The summed E-state index contributed by atoms with van der Waals surface area (Å²) in [4.78, 5) is 10.6. The quantitative estimate of drug-likeness (QED) is 0.671. The van der Waals surface area contributed by atoms with E-state index >= 15 is 0 Å². The van der Waals surface area contributed by atoms with E-state index in [-0.39, 0.29) is 0 Å². The second-order valence-electron chi connectivity index (χ2n) is 4.39. The van der Waals surface area contributed by atoms with Crippen LogP contribution in [-0.2, 0) is 0 Å². The Bertz CT molecular complexity index is 305. The fourth-order valence-corrected chi connectivity index (χ4v) is 1.78. The summed E-state index contributed by atoms with van der Waals surface area (Å²) in [5.74, 6) is 1.02. The minimum atomic E-state index is -0.608. The normalized spacial score (nSPS) is 24.1. The van der Waals surface area contributed by atoms with E-state index in [1.807, 2.05) is 0 Å². The lowest BCUT2D eigenvalue weighted by Crippen LogP contribution is -2.28. The molecule has 1 aliphatic carbocycles. The highest BCUT2D eigenvalue weighted by Crippen LogP contribution is 2.25. The average molecular weight is 209 g/mol. The second-order valence-corrected chi connectivity index (χ2v) is 4.39. The van der Waals surface area contributed by atoms with Crippen molar-refractivity contribution in [3.05, 3.63) is 11.6 Å². The van der Waals surface area contributed by atoms with Crippen LogP contribution < -0.4 is 11.2 Å². The van der Waals surface area contributed by atoms with Crippen LogP contribution in [-0.4, -0.2) is 11.7 Å². The molecule has 15 heavy (non-hydrogen) atoms. The highest BCUT2D eigenvalue weighted by Gasteiger charge is 2.19. The third-order valence-electron chi connectivity index (χ3n) is 2.54. The summed E-state index contributed by atoms with van der Waals surface area (Å²) in [6, 6.07) is -0.608. The summed E-state index contributed by atoms with van der Waals surface area (Å²) in [6.45, 7) is 6.43. The van der Waals surface area contributed by atoms with E-state index in [4.69, 9.17) is 5.73 Å². The van der Waals surface area contributed by atoms with Crippen molar-refractivity contribution in [3.8, 4) is 0 Å². The molecular formula is C11H19N3O. The van der Waals surface area contributed by atoms with Crippen molar-refractivity contribution >= 4 is 11.7 Å². The van der Waals surface area contributed by atoms with Crippen LogP contribution in [0.25, 0.3) is 0 Å². The van der Waals surface area contributed by atoms with Crippen LogP contribution in [0, 0.1) is 11.8 Å². The summed E-state index contributed by atoms with van der Waals surface area (Å²) in [5, 5.41) is 4.06. The van der Waals surface area contributed by atoms with Crippen LogP contribution in [0.1, 0.15) is 33.6 Å². The van der Waals surface area contributed by atoms with Gasteiger partial charge in [0.05, 0.1) is 5.71 Å². The summed E-state index contributed by atoms with van der Waals surface area (Å²) < 4.78 is 0. The van der Waals surface area contributed by atoms with E-state index < -0.39 is 6.03 Å². The van der Waals surface area contributed by atoms with Gasteiger partial charge in [-0.1, -0.05) is 26.8 Å². The van der Waals surface area contributed by atoms with Crippen LogP contribution in [0.15, 0.2) is 16.8 Å². The van der Waals surface area contributed by atoms with E-state index in [1.165, 1.54) is 5.57 Å². The lowest BCUT2D eigenvalue weighted by Gasteiger charge is -2.22. The molecule has 0 aromatic rings. The Kier molecular flexibility index (Phi) is 3.88. The molecule has 0 aromatic heterocycles. The summed E-state index contributed by atoms with van der Waals surface area (Å²) in [7, 11) is 0. The van der Waals surface area contributed by atoms with Crippen LogP contribution in [0.2, 0.25) is 0 Å². The number of urea groups is 1. The van der Waals surface area contributed by atoms with Gasteiger partial charge in [0.2, 0.25) is 0 Å². The highest BCUT2D eigenvalue weighted by atomic mass is 16.2. The molecule has 4 heteroatoms. The zero-order valence-electron chi connectivity index (χ0n) is 9.58. The van der Waals surface area contributed by atoms with Gasteiger partial charge in [-0.25, -0.2) is 10.2 Å². The number of nitrogens with two attached hydrogens (primary N) is 1. The zero-order valence-corrected chi connectivity index (χ0v) is 9.58.